The van der Waals surface area contributed by atoms with Crippen molar-refractivity contribution in [2.24, 2.45) is 0 Å². The predicted octanol–water partition coefficient (Wildman–Crippen LogP) is 6.88. The van der Waals surface area contributed by atoms with Crippen molar-refractivity contribution in [3.05, 3.63) is 63.0 Å². The van der Waals surface area contributed by atoms with Crippen LogP contribution in [0.4, 0.5) is 10.5 Å². The normalized spacial score (nSPS) is 20.8. The van der Waals surface area contributed by atoms with Crippen molar-refractivity contribution in [3.8, 4) is 5.75 Å². The minimum Gasteiger partial charge on any atom is -0.492 e. The summed E-state index contributed by atoms with van der Waals surface area (Å²) in [6, 6.07) is 11.8. The second-order valence-electron chi connectivity index (χ2n) is 9.59. The van der Waals surface area contributed by atoms with E-state index >= 15 is 0 Å². The van der Waals surface area contributed by atoms with E-state index in [0.29, 0.717) is 21.6 Å². The van der Waals surface area contributed by atoms with Gasteiger partial charge in [0, 0.05) is 22.8 Å². The Labute approximate surface area is 211 Å². The summed E-state index contributed by atoms with van der Waals surface area (Å²) >= 11 is 7.63. The molecule has 2 aromatic rings. The topological polar surface area (TPSA) is 49.9 Å². The highest BCUT2D eigenvalue weighted by atomic mass is 35.5. The van der Waals surface area contributed by atoms with Gasteiger partial charge in [-0.2, -0.15) is 0 Å². The molecule has 1 fully saturated rings. The standard InChI is InChI=1S/C27H31ClN2O3S/c1-6-30-23-15-22(28)19(13-21(23)18(3)16-27(30,4)5)14-24-25(31)29(26(32)34-24)11-12-33-20-9-7-17(2)8-10-20/h7-10,13-15,18H,6,11-12,16H2,1-5H3/b24-14+. The number of thioether (sulfide) groups is 1. The molecule has 7 heteroatoms. The van der Waals surface area contributed by atoms with Crippen molar-refractivity contribution in [1.29, 1.82) is 0 Å². The lowest BCUT2D eigenvalue weighted by Crippen LogP contribution is -2.48. The van der Waals surface area contributed by atoms with Crippen molar-refractivity contribution >= 4 is 46.3 Å². The van der Waals surface area contributed by atoms with Crippen LogP contribution in [0.1, 0.15) is 56.7 Å². The number of hydrogen-bond acceptors (Lipinski definition) is 5. The molecule has 1 unspecified atom stereocenters. The highest BCUT2D eigenvalue weighted by Gasteiger charge is 2.37. The van der Waals surface area contributed by atoms with Gasteiger partial charge in [0.2, 0.25) is 0 Å². The molecule has 0 N–H and O–H groups in total. The van der Waals surface area contributed by atoms with Gasteiger partial charge in [0.05, 0.1) is 11.4 Å². The van der Waals surface area contributed by atoms with E-state index in [4.69, 9.17) is 16.3 Å². The van der Waals surface area contributed by atoms with Crippen molar-refractivity contribution in [1.82, 2.24) is 4.90 Å². The van der Waals surface area contributed by atoms with Crippen LogP contribution in [0.2, 0.25) is 5.02 Å². The number of anilines is 1. The van der Waals surface area contributed by atoms with Gasteiger partial charge in [0.15, 0.2) is 0 Å². The van der Waals surface area contributed by atoms with Gasteiger partial charge in [-0.25, -0.2) is 0 Å². The number of halogens is 1. The molecule has 1 atom stereocenters. The zero-order valence-corrected chi connectivity index (χ0v) is 21.9. The van der Waals surface area contributed by atoms with E-state index < -0.39 is 0 Å². The average molecular weight is 499 g/mol. The fraction of sp³-hybridized carbons (Fsp3) is 0.407. The first-order chi connectivity index (χ1) is 16.1. The van der Waals surface area contributed by atoms with Gasteiger partial charge in [-0.3, -0.25) is 14.5 Å². The molecule has 180 valence electrons. The second kappa shape index (κ2) is 9.67. The number of aryl methyl sites for hydroxylation is 1. The Morgan fingerprint density at radius 2 is 1.91 bits per heavy atom. The Morgan fingerprint density at radius 1 is 1.21 bits per heavy atom. The van der Waals surface area contributed by atoms with Crippen LogP contribution in [0.3, 0.4) is 0 Å². The third kappa shape index (κ3) is 4.84. The van der Waals surface area contributed by atoms with Gasteiger partial charge in [-0.1, -0.05) is 36.2 Å². The molecule has 4 rings (SSSR count). The number of hydrogen-bond donors (Lipinski definition) is 0. The number of carbonyl (C=O) groups is 2. The van der Waals surface area contributed by atoms with Crippen molar-refractivity contribution in [2.45, 2.75) is 52.5 Å². The zero-order valence-electron chi connectivity index (χ0n) is 20.4. The molecule has 5 nitrogen and oxygen atoms in total. The van der Waals surface area contributed by atoms with E-state index in [1.807, 2.05) is 37.3 Å². The molecule has 2 aromatic carbocycles. The molecule has 2 heterocycles. The Bertz CT molecular complexity index is 1140. The average Bonchev–Trinajstić information content (AvgIpc) is 3.03. The van der Waals surface area contributed by atoms with Crippen LogP contribution in [-0.4, -0.2) is 41.3 Å². The Balaban J connectivity index is 1.52. The summed E-state index contributed by atoms with van der Waals surface area (Å²) in [4.78, 5) is 29.5. The highest BCUT2D eigenvalue weighted by molar-refractivity contribution is 8.18. The van der Waals surface area contributed by atoms with Crippen LogP contribution in [0.5, 0.6) is 5.75 Å². The lowest BCUT2D eigenvalue weighted by molar-refractivity contribution is -0.123. The number of nitrogens with zero attached hydrogens (tertiary/aromatic N) is 2. The number of amides is 2. The Hall–Kier alpha value is -2.44. The zero-order chi connectivity index (χ0) is 24.6. The smallest absolute Gasteiger partial charge is 0.293 e. The van der Waals surface area contributed by atoms with Gasteiger partial charge >= 0.3 is 0 Å². The van der Waals surface area contributed by atoms with Crippen LogP contribution in [0.15, 0.2) is 41.3 Å². The summed E-state index contributed by atoms with van der Waals surface area (Å²) in [5, 5.41) is 0.293. The minimum atomic E-state index is -0.305. The molecule has 34 heavy (non-hydrogen) atoms. The highest BCUT2D eigenvalue weighted by Crippen LogP contribution is 2.45. The second-order valence-corrected chi connectivity index (χ2v) is 11.0. The maximum atomic E-state index is 13.0. The molecular formula is C27H31ClN2O3S. The van der Waals surface area contributed by atoms with E-state index in [9.17, 15) is 9.59 Å². The fourth-order valence-electron chi connectivity index (χ4n) is 4.95. The van der Waals surface area contributed by atoms with Crippen LogP contribution in [0, 0.1) is 6.92 Å². The Kier molecular flexibility index (Phi) is 7.02. The molecule has 0 spiro atoms. The lowest BCUT2D eigenvalue weighted by Gasteiger charge is -2.47. The van der Waals surface area contributed by atoms with E-state index in [1.165, 1.54) is 10.5 Å². The lowest BCUT2D eigenvalue weighted by atomic mass is 9.79. The molecular weight excluding hydrogens is 468 g/mol. The van der Waals surface area contributed by atoms with E-state index in [0.717, 1.165) is 41.5 Å². The Morgan fingerprint density at radius 3 is 2.59 bits per heavy atom. The summed E-state index contributed by atoms with van der Waals surface area (Å²) < 4.78 is 5.70. The van der Waals surface area contributed by atoms with E-state index in [1.54, 1.807) is 6.08 Å². The number of carbonyl (C=O) groups excluding carboxylic acids is 2. The molecule has 0 aromatic heterocycles. The van der Waals surface area contributed by atoms with Crippen molar-refractivity contribution in [2.75, 3.05) is 24.6 Å². The fourth-order valence-corrected chi connectivity index (χ4v) is 6.02. The van der Waals surface area contributed by atoms with E-state index in [-0.39, 0.29) is 29.8 Å². The van der Waals surface area contributed by atoms with Crippen molar-refractivity contribution < 1.29 is 14.3 Å². The van der Waals surface area contributed by atoms with Crippen LogP contribution in [-0.2, 0) is 4.79 Å². The first kappa shape index (κ1) is 24.7. The van der Waals surface area contributed by atoms with Gasteiger partial charge < -0.3 is 9.64 Å². The predicted molar refractivity (Wildman–Crippen MR) is 141 cm³/mol. The third-order valence-electron chi connectivity index (χ3n) is 6.59. The van der Waals surface area contributed by atoms with Crippen LogP contribution >= 0.6 is 23.4 Å². The molecule has 0 radical (unpaired) electrons. The first-order valence-electron chi connectivity index (χ1n) is 11.7. The molecule has 0 aliphatic carbocycles. The molecule has 1 saturated heterocycles. The maximum absolute atomic E-state index is 13.0. The van der Waals surface area contributed by atoms with Gasteiger partial charge in [-0.15, -0.1) is 0 Å². The number of fused-ring (bicyclic) bond motifs is 1. The summed E-state index contributed by atoms with van der Waals surface area (Å²) in [7, 11) is 0. The minimum absolute atomic E-state index is 0.0509. The molecule has 0 bridgehead atoms. The number of benzene rings is 2. The maximum Gasteiger partial charge on any atom is 0.293 e. The van der Waals surface area contributed by atoms with Crippen LogP contribution in [0.25, 0.3) is 6.08 Å². The summed E-state index contributed by atoms with van der Waals surface area (Å²) in [6.07, 6.45) is 2.78. The SMILES string of the molecule is CCN1c2cc(Cl)c(/C=C3/SC(=O)N(CCOc4ccc(C)cc4)C3=O)cc2C(C)CC1(C)C. The van der Waals surface area contributed by atoms with E-state index in [2.05, 4.69) is 38.7 Å². The van der Waals surface area contributed by atoms with Crippen LogP contribution < -0.4 is 9.64 Å². The van der Waals surface area contributed by atoms with Gasteiger partial charge in [-0.05, 0) is 93.3 Å². The monoisotopic (exact) mass is 498 g/mol. The molecule has 0 saturated carbocycles. The summed E-state index contributed by atoms with van der Waals surface area (Å²) in [5.74, 6) is 0.777. The summed E-state index contributed by atoms with van der Waals surface area (Å²) in [5.41, 5.74) is 4.33. The number of ether oxygens (including phenoxy) is 1. The largest absolute Gasteiger partial charge is 0.492 e. The molecule has 2 aliphatic rings. The van der Waals surface area contributed by atoms with Gasteiger partial charge in [0.25, 0.3) is 11.1 Å². The number of imide groups is 1. The van der Waals surface area contributed by atoms with Crippen molar-refractivity contribution in [3.63, 3.8) is 0 Å². The first-order valence-corrected chi connectivity index (χ1v) is 12.9. The quantitative estimate of drug-likeness (QED) is 0.406. The van der Waals surface area contributed by atoms with Gasteiger partial charge in [0.1, 0.15) is 12.4 Å². The molecule has 2 amide bonds. The third-order valence-corrected chi connectivity index (χ3v) is 7.82. The molecule has 2 aliphatic heterocycles. The summed E-state index contributed by atoms with van der Waals surface area (Å²) in [6.45, 7) is 12.2. The number of rotatable bonds is 6.